The summed E-state index contributed by atoms with van der Waals surface area (Å²) in [5, 5.41) is 9.31. The fourth-order valence-corrected chi connectivity index (χ4v) is 3.94. The molecule has 0 radical (unpaired) electrons. The number of carboxylic acid groups (broad SMARTS) is 1. The molecule has 1 aliphatic carbocycles. The summed E-state index contributed by atoms with van der Waals surface area (Å²) in [4.78, 5) is 31.2. The smallest absolute Gasteiger partial charge is 0.337 e. The highest BCUT2D eigenvalue weighted by atomic mass is 16.4. The summed E-state index contributed by atoms with van der Waals surface area (Å²) >= 11 is 0. The maximum Gasteiger partial charge on any atom is 0.337 e. The van der Waals surface area contributed by atoms with Crippen LogP contribution in [0.4, 0.5) is 0 Å². The van der Waals surface area contributed by atoms with Gasteiger partial charge in [-0.15, -0.1) is 0 Å². The van der Waals surface area contributed by atoms with Crippen LogP contribution in [0.15, 0.2) is 17.1 Å². The van der Waals surface area contributed by atoms with Crippen LogP contribution in [-0.2, 0) is 6.54 Å². The average molecular weight is 360 g/mol. The molecule has 0 saturated heterocycles. The van der Waals surface area contributed by atoms with E-state index in [-0.39, 0.29) is 17.3 Å². The Bertz CT molecular complexity index is 829. The van der Waals surface area contributed by atoms with Crippen molar-refractivity contribution in [3.8, 4) is 0 Å². The van der Waals surface area contributed by atoms with Crippen LogP contribution >= 0.6 is 0 Å². The number of aromatic carboxylic acids is 1. The van der Waals surface area contributed by atoms with Crippen LogP contribution in [0.25, 0.3) is 11.2 Å². The molecule has 142 valence electrons. The number of pyridine rings is 1. The van der Waals surface area contributed by atoms with Crippen LogP contribution in [0.2, 0.25) is 0 Å². The number of carboxylic acids is 1. The number of aromatic nitrogens is 3. The maximum atomic E-state index is 13.2. The predicted octanol–water partition coefficient (Wildman–Crippen LogP) is 2.74. The molecule has 0 amide bonds. The summed E-state index contributed by atoms with van der Waals surface area (Å²) in [6.07, 6.45) is 6.78. The van der Waals surface area contributed by atoms with Crippen LogP contribution in [0.1, 0.15) is 62.4 Å². The van der Waals surface area contributed by atoms with Gasteiger partial charge in [0.2, 0.25) is 0 Å². The third-order valence-corrected chi connectivity index (χ3v) is 5.52. The third kappa shape index (κ3) is 3.53. The van der Waals surface area contributed by atoms with Gasteiger partial charge in [0.15, 0.2) is 5.65 Å². The normalized spacial score (nSPS) is 15.8. The van der Waals surface area contributed by atoms with E-state index in [0.29, 0.717) is 17.7 Å². The van der Waals surface area contributed by atoms with Gasteiger partial charge in [0.05, 0.1) is 11.1 Å². The number of rotatable bonds is 7. The van der Waals surface area contributed by atoms with Crippen molar-refractivity contribution in [2.45, 2.75) is 58.5 Å². The molecule has 2 heterocycles. The van der Waals surface area contributed by atoms with E-state index in [1.807, 2.05) is 4.57 Å². The minimum absolute atomic E-state index is 0.0610. The van der Waals surface area contributed by atoms with Crippen molar-refractivity contribution in [3.05, 3.63) is 28.3 Å². The van der Waals surface area contributed by atoms with E-state index in [4.69, 9.17) is 0 Å². The van der Waals surface area contributed by atoms with Gasteiger partial charge in [-0.25, -0.2) is 14.6 Å². The predicted molar refractivity (Wildman–Crippen MR) is 101 cm³/mol. The molecule has 7 heteroatoms. The molecule has 2 aromatic heterocycles. The Kier molecular flexibility index (Phi) is 5.76. The van der Waals surface area contributed by atoms with Crippen molar-refractivity contribution < 1.29 is 9.90 Å². The topological polar surface area (TPSA) is 80.4 Å². The zero-order valence-corrected chi connectivity index (χ0v) is 15.6. The van der Waals surface area contributed by atoms with Gasteiger partial charge >= 0.3 is 11.7 Å². The first-order valence-electron chi connectivity index (χ1n) is 9.63. The number of imidazole rings is 1. The third-order valence-electron chi connectivity index (χ3n) is 5.52. The number of hydrogen-bond donors (Lipinski definition) is 1. The Hall–Kier alpha value is -2.15. The molecule has 0 atom stereocenters. The summed E-state index contributed by atoms with van der Waals surface area (Å²) in [5.41, 5.74) is 1.31. The average Bonchev–Trinajstić information content (AvgIpc) is 2.94. The minimum atomic E-state index is -1.02. The Morgan fingerprint density at radius 2 is 1.96 bits per heavy atom. The first kappa shape index (κ1) is 18.6. The van der Waals surface area contributed by atoms with E-state index in [1.165, 1.54) is 12.6 Å². The molecule has 0 bridgehead atoms. The lowest BCUT2D eigenvalue weighted by molar-refractivity contribution is 0.0696. The SMILES string of the molecule is CCN(CC)CCn1c(=O)n(C2CCCCC2)c2ncc(C(=O)O)cc21. The second kappa shape index (κ2) is 8.03. The Balaban J connectivity index is 2.07. The molecule has 7 nitrogen and oxygen atoms in total. The molecule has 0 aliphatic heterocycles. The van der Waals surface area contributed by atoms with E-state index < -0.39 is 5.97 Å². The highest BCUT2D eigenvalue weighted by molar-refractivity contribution is 5.91. The standard InChI is InChI=1S/C19H28N4O3/c1-3-21(4-2)10-11-22-16-12-14(18(24)25)13-20-17(16)23(19(22)26)15-8-6-5-7-9-15/h12-13,15H,3-11H2,1-2H3,(H,24,25). The highest BCUT2D eigenvalue weighted by Gasteiger charge is 2.24. The number of carbonyl (C=O) groups is 1. The van der Waals surface area contributed by atoms with Crippen molar-refractivity contribution in [1.82, 2.24) is 19.0 Å². The molecule has 1 fully saturated rings. The van der Waals surface area contributed by atoms with E-state index in [2.05, 4.69) is 23.7 Å². The summed E-state index contributed by atoms with van der Waals surface area (Å²) < 4.78 is 3.52. The number of fused-ring (bicyclic) bond motifs is 1. The second-order valence-corrected chi connectivity index (χ2v) is 6.99. The van der Waals surface area contributed by atoms with Crippen molar-refractivity contribution in [2.24, 2.45) is 0 Å². The summed E-state index contributed by atoms with van der Waals surface area (Å²) in [7, 11) is 0. The summed E-state index contributed by atoms with van der Waals surface area (Å²) in [5.74, 6) is -1.02. The van der Waals surface area contributed by atoms with Gasteiger partial charge in [-0.1, -0.05) is 33.1 Å². The van der Waals surface area contributed by atoms with E-state index in [0.717, 1.165) is 45.3 Å². The molecule has 2 aromatic rings. The molecule has 0 spiro atoms. The first-order chi connectivity index (χ1) is 12.6. The number of likely N-dealkylation sites (N-methyl/N-ethyl adjacent to an activating group) is 1. The van der Waals surface area contributed by atoms with E-state index in [9.17, 15) is 14.7 Å². The quantitative estimate of drug-likeness (QED) is 0.821. The van der Waals surface area contributed by atoms with E-state index in [1.54, 1.807) is 10.6 Å². The van der Waals surface area contributed by atoms with Crippen LogP contribution in [-0.4, -0.2) is 49.7 Å². The van der Waals surface area contributed by atoms with Gasteiger partial charge in [-0.3, -0.25) is 9.13 Å². The largest absolute Gasteiger partial charge is 0.478 e. The summed E-state index contributed by atoms with van der Waals surface area (Å²) in [6, 6.07) is 1.75. The van der Waals surface area contributed by atoms with E-state index >= 15 is 0 Å². The molecule has 1 N–H and O–H groups in total. The second-order valence-electron chi connectivity index (χ2n) is 6.99. The fourth-order valence-electron chi connectivity index (χ4n) is 3.94. The van der Waals surface area contributed by atoms with Crippen molar-refractivity contribution in [2.75, 3.05) is 19.6 Å². The van der Waals surface area contributed by atoms with Crippen LogP contribution in [0, 0.1) is 0 Å². The van der Waals surface area contributed by atoms with Crippen LogP contribution < -0.4 is 5.69 Å². The minimum Gasteiger partial charge on any atom is -0.478 e. The molecular weight excluding hydrogens is 332 g/mol. The van der Waals surface area contributed by atoms with Crippen LogP contribution in [0.5, 0.6) is 0 Å². The van der Waals surface area contributed by atoms with Gasteiger partial charge in [0.1, 0.15) is 0 Å². The summed E-state index contributed by atoms with van der Waals surface area (Å²) in [6.45, 7) is 7.34. The van der Waals surface area contributed by atoms with Gasteiger partial charge in [0, 0.05) is 25.3 Å². The fraction of sp³-hybridized carbons (Fsp3) is 0.632. The monoisotopic (exact) mass is 360 g/mol. The van der Waals surface area contributed by atoms with Crippen molar-refractivity contribution in [1.29, 1.82) is 0 Å². The first-order valence-corrected chi connectivity index (χ1v) is 9.63. The lowest BCUT2D eigenvalue weighted by Crippen LogP contribution is -2.33. The molecule has 0 unspecified atom stereocenters. The number of nitrogens with zero attached hydrogens (tertiary/aromatic N) is 4. The molecular formula is C19H28N4O3. The number of hydrogen-bond acceptors (Lipinski definition) is 4. The molecule has 1 aliphatic rings. The van der Waals surface area contributed by atoms with Gasteiger partial charge in [-0.05, 0) is 32.0 Å². The lowest BCUT2D eigenvalue weighted by atomic mass is 9.95. The Morgan fingerprint density at radius 3 is 2.58 bits per heavy atom. The molecule has 26 heavy (non-hydrogen) atoms. The zero-order valence-electron chi connectivity index (χ0n) is 15.6. The molecule has 1 saturated carbocycles. The van der Waals surface area contributed by atoms with Crippen LogP contribution in [0.3, 0.4) is 0 Å². The van der Waals surface area contributed by atoms with Gasteiger partial charge < -0.3 is 10.0 Å². The Labute approximate surface area is 153 Å². The van der Waals surface area contributed by atoms with Gasteiger partial charge in [0.25, 0.3) is 0 Å². The lowest BCUT2D eigenvalue weighted by Gasteiger charge is -2.22. The van der Waals surface area contributed by atoms with Crippen molar-refractivity contribution in [3.63, 3.8) is 0 Å². The highest BCUT2D eigenvalue weighted by Crippen LogP contribution is 2.29. The Morgan fingerprint density at radius 1 is 1.27 bits per heavy atom. The van der Waals surface area contributed by atoms with Crippen molar-refractivity contribution >= 4 is 17.1 Å². The molecule has 0 aromatic carbocycles. The molecule has 3 rings (SSSR count). The maximum absolute atomic E-state index is 13.2. The zero-order chi connectivity index (χ0) is 18.7. The van der Waals surface area contributed by atoms with Gasteiger partial charge in [-0.2, -0.15) is 0 Å².